The zero-order chi connectivity index (χ0) is 13.7. The number of nitrogens with one attached hydrogen (secondary N) is 1. The van der Waals surface area contributed by atoms with Crippen LogP contribution in [0.3, 0.4) is 0 Å². The Morgan fingerprint density at radius 3 is 2.68 bits per heavy atom. The molecule has 0 spiro atoms. The fraction of sp³-hybridized carbons (Fsp3) is 0.750. The molecule has 0 aliphatic heterocycles. The van der Waals surface area contributed by atoms with E-state index in [4.69, 9.17) is 4.98 Å². The summed E-state index contributed by atoms with van der Waals surface area (Å²) in [4.78, 5) is 9.24. The van der Waals surface area contributed by atoms with Crippen molar-refractivity contribution in [3.05, 3.63) is 23.8 Å². The van der Waals surface area contributed by atoms with E-state index in [1.165, 1.54) is 25.7 Å². The van der Waals surface area contributed by atoms with Gasteiger partial charge in [0, 0.05) is 18.7 Å². The molecule has 0 saturated heterocycles. The Hall–Kier alpha value is -0.960. The summed E-state index contributed by atoms with van der Waals surface area (Å²) in [5, 5.41) is 3.45. The second-order valence-corrected chi connectivity index (χ2v) is 6.39. The first-order valence-electron chi connectivity index (χ1n) is 7.67. The molecule has 1 N–H and O–H groups in total. The average molecular weight is 261 g/mol. The van der Waals surface area contributed by atoms with E-state index in [9.17, 15) is 0 Å². The Kier molecular flexibility index (Phi) is 5.32. The highest BCUT2D eigenvalue weighted by Crippen LogP contribution is 2.33. The third-order valence-corrected chi connectivity index (χ3v) is 3.97. The summed E-state index contributed by atoms with van der Waals surface area (Å²) in [6.07, 6.45) is 7.08. The first kappa shape index (κ1) is 14.4. The average Bonchev–Trinajstić information content (AvgIpc) is 2.39. The van der Waals surface area contributed by atoms with Crippen LogP contribution in [-0.2, 0) is 6.54 Å². The summed E-state index contributed by atoms with van der Waals surface area (Å²) in [7, 11) is 0. The van der Waals surface area contributed by atoms with E-state index in [0.717, 1.165) is 30.5 Å². The van der Waals surface area contributed by atoms with Crippen molar-refractivity contribution in [2.75, 3.05) is 6.54 Å². The summed E-state index contributed by atoms with van der Waals surface area (Å²) in [5.41, 5.74) is 1.13. The Balaban J connectivity index is 1.91. The summed E-state index contributed by atoms with van der Waals surface area (Å²) in [5.74, 6) is 3.21. The van der Waals surface area contributed by atoms with Crippen molar-refractivity contribution in [3.63, 3.8) is 0 Å². The van der Waals surface area contributed by atoms with Gasteiger partial charge in [0.15, 0.2) is 0 Å². The molecule has 3 heteroatoms. The molecular formula is C16H27N3. The SMILES string of the molecule is CC(C)CNCc1ccnc(C2CCC(C)CC2)n1. The van der Waals surface area contributed by atoms with Gasteiger partial charge in [0.25, 0.3) is 0 Å². The lowest BCUT2D eigenvalue weighted by atomic mass is 9.82. The quantitative estimate of drug-likeness (QED) is 0.881. The van der Waals surface area contributed by atoms with Crippen molar-refractivity contribution in [2.24, 2.45) is 11.8 Å². The van der Waals surface area contributed by atoms with E-state index < -0.39 is 0 Å². The van der Waals surface area contributed by atoms with Crippen molar-refractivity contribution in [1.82, 2.24) is 15.3 Å². The molecule has 1 aliphatic rings. The summed E-state index contributed by atoms with van der Waals surface area (Å²) in [6.45, 7) is 8.70. The molecule has 1 saturated carbocycles. The van der Waals surface area contributed by atoms with Gasteiger partial charge in [-0.2, -0.15) is 0 Å². The van der Waals surface area contributed by atoms with Gasteiger partial charge in [-0.05, 0) is 37.3 Å². The smallest absolute Gasteiger partial charge is 0.131 e. The second kappa shape index (κ2) is 6.99. The minimum absolute atomic E-state index is 0.584. The lowest BCUT2D eigenvalue weighted by Crippen LogP contribution is -2.20. The third kappa shape index (κ3) is 4.57. The predicted octanol–water partition coefficient (Wildman–Crippen LogP) is 3.52. The van der Waals surface area contributed by atoms with Crippen molar-refractivity contribution >= 4 is 0 Å². The van der Waals surface area contributed by atoms with Crippen LogP contribution in [0.15, 0.2) is 12.3 Å². The molecule has 1 heterocycles. The molecule has 1 aliphatic carbocycles. The number of nitrogens with zero attached hydrogens (tertiary/aromatic N) is 2. The van der Waals surface area contributed by atoms with E-state index >= 15 is 0 Å². The maximum atomic E-state index is 4.74. The maximum absolute atomic E-state index is 4.74. The van der Waals surface area contributed by atoms with Gasteiger partial charge in [-0.25, -0.2) is 9.97 Å². The zero-order valence-electron chi connectivity index (χ0n) is 12.5. The largest absolute Gasteiger partial charge is 0.311 e. The first-order chi connectivity index (χ1) is 9.15. The maximum Gasteiger partial charge on any atom is 0.131 e. The van der Waals surface area contributed by atoms with Crippen LogP contribution in [-0.4, -0.2) is 16.5 Å². The summed E-state index contributed by atoms with van der Waals surface area (Å²) < 4.78 is 0. The van der Waals surface area contributed by atoms with Gasteiger partial charge in [-0.3, -0.25) is 0 Å². The van der Waals surface area contributed by atoms with Crippen LogP contribution >= 0.6 is 0 Å². The fourth-order valence-electron chi connectivity index (χ4n) is 2.72. The molecule has 1 fully saturated rings. The minimum Gasteiger partial charge on any atom is -0.311 e. The highest BCUT2D eigenvalue weighted by molar-refractivity contribution is 5.06. The predicted molar refractivity (Wildman–Crippen MR) is 78.9 cm³/mol. The summed E-state index contributed by atoms with van der Waals surface area (Å²) in [6, 6.07) is 2.03. The van der Waals surface area contributed by atoms with Gasteiger partial charge in [-0.1, -0.05) is 33.6 Å². The molecular weight excluding hydrogens is 234 g/mol. The van der Waals surface area contributed by atoms with Gasteiger partial charge >= 0.3 is 0 Å². The van der Waals surface area contributed by atoms with Gasteiger partial charge in [0.2, 0.25) is 0 Å². The van der Waals surface area contributed by atoms with Crippen LogP contribution in [0.25, 0.3) is 0 Å². The molecule has 0 bridgehead atoms. The van der Waals surface area contributed by atoms with E-state index in [0.29, 0.717) is 11.8 Å². The number of hydrogen-bond donors (Lipinski definition) is 1. The second-order valence-electron chi connectivity index (χ2n) is 6.39. The lowest BCUT2D eigenvalue weighted by molar-refractivity contribution is 0.339. The van der Waals surface area contributed by atoms with Gasteiger partial charge in [0.1, 0.15) is 5.82 Å². The van der Waals surface area contributed by atoms with Crippen molar-refractivity contribution in [3.8, 4) is 0 Å². The molecule has 106 valence electrons. The van der Waals surface area contributed by atoms with E-state index in [2.05, 4.69) is 31.1 Å². The van der Waals surface area contributed by atoms with Crippen LogP contribution in [0, 0.1) is 11.8 Å². The van der Waals surface area contributed by atoms with Crippen LogP contribution in [0.5, 0.6) is 0 Å². The zero-order valence-corrected chi connectivity index (χ0v) is 12.5. The number of rotatable bonds is 5. The van der Waals surface area contributed by atoms with Crippen molar-refractivity contribution in [1.29, 1.82) is 0 Å². The van der Waals surface area contributed by atoms with Gasteiger partial charge in [0.05, 0.1) is 5.69 Å². The molecule has 19 heavy (non-hydrogen) atoms. The van der Waals surface area contributed by atoms with Crippen LogP contribution in [0.1, 0.15) is 63.9 Å². The van der Waals surface area contributed by atoms with E-state index in [-0.39, 0.29) is 0 Å². The van der Waals surface area contributed by atoms with Crippen LogP contribution < -0.4 is 5.32 Å². The topological polar surface area (TPSA) is 37.8 Å². The van der Waals surface area contributed by atoms with Crippen molar-refractivity contribution < 1.29 is 0 Å². The Labute approximate surface area is 117 Å². The molecule has 0 unspecified atom stereocenters. The molecule has 0 radical (unpaired) electrons. The first-order valence-corrected chi connectivity index (χ1v) is 7.67. The van der Waals surface area contributed by atoms with Crippen molar-refractivity contribution in [2.45, 2.75) is 58.9 Å². The number of aromatic nitrogens is 2. The molecule has 1 aromatic rings. The third-order valence-electron chi connectivity index (χ3n) is 3.97. The molecule has 0 aromatic carbocycles. The lowest BCUT2D eigenvalue weighted by Gasteiger charge is -2.25. The monoisotopic (exact) mass is 261 g/mol. The van der Waals surface area contributed by atoms with E-state index in [1.54, 1.807) is 0 Å². The molecule has 0 atom stereocenters. The normalized spacial score (nSPS) is 23.8. The number of hydrogen-bond acceptors (Lipinski definition) is 3. The highest BCUT2D eigenvalue weighted by atomic mass is 14.9. The fourth-order valence-corrected chi connectivity index (χ4v) is 2.72. The summed E-state index contributed by atoms with van der Waals surface area (Å²) >= 11 is 0. The Morgan fingerprint density at radius 2 is 2.00 bits per heavy atom. The molecule has 3 nitrogen and oxygen atoms in total. The standard InChI is InChI=1S/C16H27N3/c1-12(2)10-17-11-15-8-9-18-16(19-15)14-6-4-13(3)5-7-14/h8-9,12-14,17H,4-7,10-11H2,1-3H3. The van der Waals surface area contributed by atoms with E-state index in [1.807, 2.05) is 12.3 Å². The van der Waals surface area contributed by atoms with Gasteiger partial charge in [-0.15, -0.1) is 0 Å². The highest BCUT2D eigenvalue weighted by Gasteiger charge is 2.21. The van der Waals surface area contributed by atoms with Crippen LogP contribution in [0.4, 0.5) is 0 Å². The van der Waals surface area contributed by atoms with Crippen LogP contribution in [0.2, 0.25) is 0 Å². The van der Waals surface area contributed by atoms with Gasteiger partial charge < -0.3 is 5.32 Å². The Morgan fingerprint density at radius 1 is 1.26 bits per heavy atom. The minimum atomic E-state index is 0.584. The molecule has 0 amide bonds. The Bertz CT molecular complexity index is 381. The molecule has 1 aromatic heterocycles. The molecule has 2 rings (SSSR count).